The van der Waals surface area contributed by atoms with Crippen molar-refractivity contribution in [2.24, 2.45) is 0 Å². The standard InChI is InChI=1S/C28H20FNO3S/c29-23-12-8-20(9-13-23)17-30-27(31)26(34-28(30)32)16-19-10-14-24(15-11-19)33-18-22-6-3-5-21-4-1-2-7-25(21)22/h1-16H,17-18H2/b26-16+. The van der Waals surface area contributed by atoms with Crippen LogP contribution in [0.15, 0.2) is 95.9 Å². The van der Waals surface area contributed by atoms with Crippen molar-refractivity contribution in [1.29, 1.82) is 0 Å². The molecular formula is C28H20FNO3S. The summed E-state index contributed by atoms with van der Waals surface area (Å²) in [5.41, 5.74) is 2.60. The molecule has 0 spiro atoms. The molecule has 2 amide bonds. The number of rotatable bonds is 6. The zero-order valence-corrected chi connectivity index (χ0v) is 18.9. The number of ether oxygens (including phenoxy) is 1. The average molecular weight is 470 g/mol. The van der Waals surface area contributed by atoms with Crippen molar-refractivity contribution < 1.29 is 18.7 Å². The molecule has 168 valence electrons. The van der Waals surface area contributed by atoms with E-state index in [0.717, 1.165) is 34.0 Å². The van der Waals surface area contributed by atoms with Crippen molar-refractivity contribution in [2.45, 2.75) is 13.2 Å². The number of hydrogen-bond acceptors (Lipinski definition) is 4. The Balaban J connectivity index is 1.25. The van der Waals surface area contributed by atoms with Crippen LogP contribution in [0, 0.1) is 5.82 Å². The molecule has 1 aliphatic rings. The highest BCUT2D eigenvalue weighted by Gasteiger charge is 2.34. The van der Waals surface area contributed by atoms with Crippen LogP contribution in [0.1, 0.15) is 16.7 Å². The smallest absolute Gasteiger partial charge is 0.293 e. The first-order valence-corrected chi connectivity index (χ1v) is 11.6. The molecule has 0 aliphatic carbocycles. The molecule has 0 atom stereocenters. The Labute approximate surface area is 200 Å². The number of benzene rings is 4. The summed E-state index contributed by atoms with van der Waals surface area (Å²) in [6, 6.07) is 27.5. The lowest BCUT2D eigenvalue weighted by Gasteiger charge is -2.12. The van der Waals surface area contributed by atoms with E-state index in [1.807, 2.05) is 42.5 Å². The predicted octanol–water partition coefficient (Wildman–Crippen LogP) is 6.79. The van der Waals surface area contributed by atoms with Gasteiger partial charge in [0.2, 0.25) is 0 Å². The lowest BCUT2D eigenvalue weighted by Crippen LogP contribution is -2.27. The SMILES string of the molecule is O=C1S/C(=C/c2ccc(OCc3cccc4ccccc34)cc2)C(=O)N1Cc1ccc(F)cc1. The average Bonchev–Trinajstić information content (AvgIpc) is 3.12. The van der Waals surface area contributed by atoms with E-state index in [9.17, 15) is 14.0 Å². The van der Waals surface area contributed by atoms with Crippen molar-refractivity contribution >= 4 is 39.8 Å². The van der Waals surface area contributed by atoms with Gasteiger partial charge in [-0.3, -0.25) is 14.5 Å². The van der Waals surface area contributed by atoms with Gasteiger partial charge in [-0.05, 0) is 69.6 Å². The Morgan fingerprint density at radius 1 is 0.853 bits per heavy atom. The lowest BCUT2D eigenvalue weighted by atomic mass is 10.1. The summed E-state index contributed by atoms with van der Waals surface area (Å²) in [6.45, 7) is 0.562. The van der Waals surface area contributed by atoms with Gasteiger partial charge in [0.15, 0.2) is 0 Å². The summed E-state index contributed by atoms with van der Waals surface area (Å²) in [6.07, 6.45) is 1.70. The van der Waals surface area contributed by atoms with Gasteiger partial charge in [0.1, 0.15) is 18.2 Å². The monoisotopic (exact) mass is 469 g/mol. The zero-order valence-electron chi connectivity index (χ0n) is 18.1. The van der Waals surface area contributed by atoms with Crippen LogP contribution in [-0.2, 0) is 17.9 Å². The van der Waals surface area contributed by atoms with Crippen molar-refractivity contribution in [3.63, 3.8) is 0 Å². The number of carbonyl (C=O) groups is 2. The second kappa shape index (κ2) is 9.53. The second-order valence-electron chi connectivity index (χ2n) is 7.89. The van der Waals surface area contributed by atoms with Gasteiger partial charge in [-0.25, -0.2) is 4.39 Å². The number of halogens is 1. The summed E-state index contributed by atoms with van der Waals surface area (Å²) in [5.74, 6) is 0.00689. The van der Waals surface area contributed by atoms with E-state index < -0.39 is 0 Å². The second-order valence-corrected chi connectivity index (χ2v) is 8.88. The van der Waals surface area contributed by atoms with Crippen LogP contribution in [0.3, 0.4) is 0 Å². The summed E-state index contributed by atoms with van der Waals surface area (Å²) in [4.78, 5) is 26.6. The quantitative estimate of drug-likeness (QED) is 0.292. The van der Waals surface area contributed by atoms with Gasteiger partial charge in [-0.15, -0.1) is 0 Å². The van der Waals surface area contributed by atoms with Gasteiger partial charge in [0.25, 0.3) is 11.1 Å². The van der Waals surface area contributed by atoms with E-state index in [0.29, 0.717) is 17.1 Å². The van der Waals surface area contributed by atoms with E-state index in [1.165, 1.54) is 22.4 Å². The van der Waals surface area contributed by atoms with Crippen molar-refractivity contribution in [3.05, 3.63) is 118 Å². The topological polar surface area (TPSA) is 46.6 Å². The summed E-state index contributed by atoms with van der Waals surface area (Å²) < 4.78 is 19.1. The predicted molar refractivity (Wildman–Crippen MR) is 133 cm³/mol. The number of nitrogens with zero attached hydrogens (tertiary/aromatic N) is 1. The lowest BCUT2D eigenvalue weighted by molar-refractivity contribution is -0.123. The number of carbonyl (C=O) groups excluding carboxylic acids is 2. The van der Waals surface area contributed by atoms with E-state index in [1.54, 1.807) is 18.2 Å². The molecule has 6 heteroatoms. The minimum atomic E-state index is -0.359. The number of fused-ring (bicyclic) bond motifs is 1. The third kappa shape index (κ3) is 4.72. The Kier molecular flexibility index (Phi) is 6.14. The summed E-state index contributed by atoms with van der Waals surface area (Å²) in [7, 11) is 0. The van der Waals surface area contributed by atoms with Gasteiger partial charge >= 0.3 is 0 Å². The fourth-order valence-corrected chi connectivity index (χ4v) is 4.64. The number of imide groups is 1. The molecule has 1 fully saturated rings. The highest BCUT2D eigenvalue weighted by atomic mass is 32.2. The van der Waals surface area contributed by atoms with Gasteiger partial charge in [0.05, 0.1) is 11.4 Å². The van der Waals surface area contributed by atoms with Crippen LogP contribution in [0.25, 0.3) is 16.8 Å². The first-order chi connectivity index (χ1) is 16.6. The van der Waals surface area contributed by atoms with Crippen molar-refractivity contribution in [2.75, 3.05) is 0 Å². The molecular weight excluding hydrogens is 449 g/mol. The number of hydrogen-bond donors (Lipinski definition) is 0. The Morgan fingerprint density at radius 3 is 2.38 bits per heavy atom. The molecule has 1 saturated heterocycles. The maximum absolute atomic E-state index is 13.1. The molecule has 0 N–H and O–H groups in total. The fraction of sp³-hybridized carbons (Fsp3) is 0.0714. The molecule has 0 radical (unpaired) electrons. The van der Waals surface area contributed by atoms with E-state index in [2.05, 4.69) is 24.3 Å². The first-order valence-electron chi connectivity index (χ1n) is 10.8. The third-order valence-corrected chi connectivity index (χ3v) is 6.49. The van der Waals surface area contributed by atoms with Gasteiger partial charge < -0.3 is 4.74 Å². The van der Waals surface area contributed by atoms with Crippen LogP contribution >= 0.6 is 11.8 Å². The van der Waals surface area contributed by atoms with Crippen LogP contribution in [-0.4, -0.2) is 16.0 Å². The molecule has 1 aliphatic heterocycles. The third-order valence-electron chi connectivity index (χ3n) is 5.58. The highest BCUT2D eigenvalue weighted by Crippen LogP contribution is 2.33. The van der Waals surface area contributed by atoms with E-state index >= 15 is 0 Å². The van der Waals surface area contributed by atoms with Crippen molar-refractivity contribution in [3.8, 4) is 5.75 Å². The Morgan fingerprint density at radius 2 is 1.59 bits per heavy atom. The summed E-state index contributed by atoms with van der Waals surface area (Å²) >= 11 is 0.905. The minimum Gasteiger partial charge on any atom is -0.489 e. The highest BCUT2D eigenvalue weighted by molar-refractivity contribution is 8.18. The largest absolute Gasteiger partial charge is 0.489 e. The Hall–Kier alpha value is -3.90. The molecule has 0 bridgehead atoms. The van der Waals surface area contributed by atoms with Gasteiger partial charge in [-0.2, -0.15) is 0 Å². The van der Waals surface area contributed by atoms with Crippen LogP contribution < -0.4 is 4.74 Å². The van der Waals surface area contributed by atoms with E-state index in [4.69, 9.17) is 4.74 Å². The maximum atomic E-state index is 13.1. The zero-order chi connectivity index (χ0) is 23.5. The molecule has 0 aromatic heterocycles. The van der Waals surface area contributed by atoms with Gasteiger partial charge in [-0.1, -0.05) is 66.7 Å². The van der Waals surface area contributed by atoms with E-state index in [-0.39, 0.29) is 23.5 Å². The van der Waals surface area contributed by atoms with Crippen LogP contribution in [0.2, 0.25) is 0 Å². The molecule has 5 rings (SSSR count). The summed E-state index contributed by atoms with van der Waals surface area (Å²) in [5, 5.41) is 2.00. The molecule has 4 nitrogen and oxygen atoms in total. The first kappa shape index (κ1) is 21.9. The van der Waals surface area contributed by atoms with Gasteiger partial charge in [0, 0.05) is 0 Å². The molecule has 34 heavy (non-hydrogen) atoms. The molecule has 0 saturated carbocycles. The molecule has 4 aromatic carbocycles. The maximum Gasteiger partial charge on any atom is 0.293 e. The fourth-order valence-electron chi connectivity index (χ4n) is 3.80. The van der Waals surface area contributed by atoms with Crippen LogP contribution in [0.4, 0.5) is 9.18 Å². The molecule has 1 heterocycles. The molecule has 4 aromatic rings. The van der Waals surface area contributed by atoms with Crippen molar-refractivity contribution in [1.82, 2.24) is 4.90 Å². The normalized spacial score (nSPS) is 14.9. The minimum absolute atomic E-state index is 0.114. The number of amides is 2. The molecule has 0 unspecified atom stereocenters. The number of thioether (sulfide) groups is 1. The van der Waals surface area contributed by atoms with Crippen LogP contribution in [0.5, 0.6) is 5.75 Å². The Bertz CT molecular complexity index is 1390.